The van der Waals surface area contributed by atoms with E-state index in [1.165, 1.54) is 15.4 Å². The van der Waals surface area contributed by atoms with E-state index in [0.29, 0.717) is 31.1 Å². The lowest BCUT2D eigenvalue weighted by molar-refractivity contribution is -0.138. The summed E-state index contributed by atoms with van der Waals surface area (Å²) >= 11 is 0. The number of piperidine rings is 1. The minimum absolute atomic E-state index is 0.00326. The van der Waals surface area contributed by atoms with Gasteiger partial charge in [0.25, 0.3) is 0 Å². The SMILES string of the molecule is Cc1ccc(CN2CCCC(C(=O)N3CCN(S(=O)(=O)c4ccccc4)CC3)C2)cc1. The van der Waals surface area contributed by atoms with Gasteiger partial charge < -0.3 is 4.90 Å². The molecule has 166 valence electrons. The first-order valence-corrected chi connectivity index (χ1v) is 12.5. The highest BCUT2D eigenvalue weighted by Gasteiger charge is 2.34. The number of piperazine rings is 1. The molecule has 0 radical (unpaired) electrons. The maximum Gasteiger partial charge on any atom is 0.243 e. The van der Waals surface area contributed by atoms with Crippen molar-refractivity contribution in [3.05, 3.63) is 65.7 Å². The van der Waals surface area contributed by atoms with Crippen molar-refractivity contribution in [1.82, 2.24) is 14.1 Å². The molecule has 0 spiro atoms. The predicted octanol–water partition coefficient (Wildman–Crippen LogP) is 2.74. The molecule has 31 heavy (non-hydrogen) atoms. The van der Waals surface area contributed by atoms with Crippen LogP contribution in [0.25, 0.3) is 0 Å². The van der Waals surface area contributed by atoms with Gasteiger partial charge in [0, 0.05) is 39.3 Å². The fourth-order valence-electron chi connectivity index (χ4n) is 4.50. The maximum atomic E-state index is 13.2. The molecule has 4 rings (SSSR count). The lowest BCUT2D eigenvalue weighted by Gasteiger charge is -2.38. The van der Waals surface area contributed by atoms with Crippen molar-refractivity contribution < 1.29 is 13.2 Å². The van der Waals surface area contributed by atoms with Crippen molar-refractivity contribution in [2.45, 2.75) is 31.2 Å². The van der Waals surface area contributed by atoms with E-state index < -0.39 is 10.0 Å². The van der Waals surface area contributed by atoms with Crippen LogP contribution in [0.15, 0.2) is 59.5 Å². The van der Waals surface area contributed by atoms with Gasteiger partial charge in [0.15, 0.2) is 0 Å². The van der Waals surface area contributed by atoms with Gasteiger partial charge in [-0.05, 0) is 44.0 Å². The highest BCUT2D eigenvalue weighted by molar-refractivity contribution is 7.89. The van der Waals surface area contributed by atoms with Crippen LogP contribution in [0.5, 0.6) is 0 Å². The molecule has 6 nitrogen and oxygen atoms in total. The average molecular weight is 442 g/mol. The van der Waals surface area contributed by atoms with Crippen LogP contribution in [0.4, 0.5) is 0 Å². The summed E-state index contributed by atoms with van der Waals surface area (Å²) < 4.78 is 27.1. The van der Waals surface area contributed by atoms with E-state index in [1.807, 2.05) is 11.0 Å². The van der Waals surface area contributed by atoms with Gasteiger partial charge in [0.05, 0.1) is 10.8 Å². The van der Waals surface area contributed by atoms with Crippen LogP contribution in [0.3, 0.4) is 0 Å². The summed E-state index contributed by atoms with van der Waals surface area (Å²) in [6.45, 7) is 6.36. The van der Waals surface area contributed by atoms with Gasteiger partial charge in [-0.15, -0.1) is 0 Å². The smallest absolute Gasteiger partial charge is 0.243 e. The minimum atomic E-state index is -3.50. The van der Waals surface area contributed by atoms with Crippen LogP contribution >= 0.6 is 0 Å². The fraction of sp³-hybridized carbons (Fsp3) is 0.458. The number of aryl methyl sites for hydroxylation is 1. The summed E-state index contributed by atoms with van der Waals surface area (Å²) in [6.07, 6.45) is 1.93. The first kappa shape index (κ1) is 22.0. The zero-order valence-electron chi connectivity index (χ0n) is 18.1. The Morgan fingerprint density at radius 3 is 2.29 bits per heavy atom. The third-order valence-corrected chi connectivity index (χ3v) is 8.23. The highest BCUT2D eigenvalue weighted by Crippen LogP contribution is 2.23. The van der Waals surface area contributed by atoms with Gasteiger partial charge in [-0.1, -0.05) is 48.0 Å². The predicted molar refractivity (Wildman–Crippen MR) is 121 cm³/mol. The highest BCUT2D eigenvalue weighted by atomic mass is 32.2. The van der Waals surface area contributed by atoms with Gasteiger partial charge in [-0.2, -0.15) is 4.31 Å². The molecule has 2 aromatic rings. The van der Waals surface area contributed by atoms with Crippen LogP contribution in [0.2, 0.25) is 0 Å². The minimum Gasteiger partial charge on any atom is -0.340 e. The summed E-state index contributed by atoms with van der Waals surface area (Å²) in [5.74, 6) is 0.168. The van der Waals surface area contributed by atoms with Gasteiger partial charge in [0.1, 0.15) is 0 Å². The summed E-state index contributed by atoms with van der Waals surface area (Å²) in [4.78, 5) is 17.7. The molecule has 2 aliphatic heterocycles. The lowest BCUT2D eigenvalue weighted by atomic mass is 9.95. The van der Waals surface area contributed by atoms with E-state index in [0.717, 1.165) is 32.5 Å². The van der Waals surface area contributed by atoms with Gasteiger partial charge in [-0.3, -0.25) is 9.69 Å². The van der Waals surface area contributed by atoms with Crippen LogP contribution in [-0.2, 0) is 21.4 Å². The molecule has 1 amide bonds. The zero-order chi connectivity index (χ0) is 21.8. The molecule has 0 aliphatic carbocycles. The molecule has 0 bridgehead atoms. The van der Waals surface area contributed by atoms with Crippen molar-refractivity contribution in [1.29, 1.82) is 0 Å². The number of likely N-dealkylation sites (tertiary alicyclic amines) is 1. The summed E-state index contributed by atoms with van der Waals surface area (Å²) in [5, 5.41) is 0. The Kier molecular flexibility index (Phi) is 6.74. The molecule has 2 fully saturated rings. The van der Waals surface area contributed by atoms with E-state index in [4.69, 9.17) is 0 Å². The number of benzene rings is 2. The van der Waals surface area contributed by atoms with E-state index in [2.05, 4.69) is 36.1 Å². The van der Waals surface area contributed by atoms with Crippen LogP contribution in [-0.4, -0.2) is 67.7 Å². The Morgan fingerprint density at radius 2 is 1.61 bits per heavy atom. The van der Waals surface area contributed by atoms with Gasteiger partial charge >= 0.3 is 0 Å². The molecule has 1 unspecified atom stereocenters. The molecular formula is C24H31N3O3S. The van der Waals surface area contributed by atoms with Crippen molar-refractivity contribution in [3.63, 3.8) is 0 Å². The van der Waals surface area contributed by atoms with Crippen LogP contribution < -0.4 is 0 Å². The summed E-state index contributed by atoms with van der Waals surface area (Å²) in [7, 11) is -3.50. The molecule has 0 N–H and O–H groups in total. The fourth-order valence-corrected chi connectivity index (χ4v) is 5.94. The largest absolute Gasteiger partial charge is 0.340 e. The summed E-state index contributed by atoms with van der Waals surface area (Å²) in [5.41, 5.74) is 2.53. The second kappa shape index (κ2) is 9.51. The van der Waals surface area contributed by atoms with Crippen LogP contribution in [0, 0.1) is 12.8 Å². The molecular weight excluding hydrogens is 410 g/mol. The molecule has 2 heterocycles. The van der Waals surface area contributed by atoms with Crippen molar-refractivity contribution >= 4 is 15.9 Å². The first-order chi connectivity index (χ1) is 14.9. The topological polar surface area (TPSA) is 60.9 Å². The Bertz CT molecular complexity index is 984. The van der Waals surface area contributed by atoms with E-state index in [-0.39, 0.29) is 11.8 Å². The van der Waals surface area contributed by atoms with E-state index >= 15 is 0 Å². The quantitative estimate of drug-likeness (QED) is 0.716. The van der Waals surface area contributed by atoms with Crippen LogP contribution in [0.1, 0.15) is 24.0 Å². The number of hydrogen-bond acceptors (Lipinski definition) is 4. The molecule has 0 saturated carbocycles. The van der Waals surface area contributed by atoms with Crippen molar-refractivity contribution in [3.8, 4) is 0 Å². The molecule has 2 aromatic carbocycles. The third kappa shape index (κ3) is 5.17. The molecule has 2 aliphatic rings. The average Bonchev–Trinajstić information content (AvgIpc) is 2.81. The normalized spacial score (nSPS) is 21.2. The number of rotatable bonds is 5. The number of amides is 1. The number of carbonyl (C=O) groups excluding carboxylic acids is 1. The summed E-state index contributed by atoms with van der Waals surface area (Å²) in [6, 6.07) is 17.1. The van der Waals surface area contributed by atoms with Gasteiger partial charge in [0.2, 0.25) is 15.9 Å². The lowest BCUT2D eigenvalue weighted by Crippen LogP contribution is -2.53. The first-order valence-electron chi connectivity index (χ1n) is 11.1. The Balaban J connectivity index is 1.32. The maximum absolute atomic E-state index is 13.2. The molecule has 0 aromatic heterocycles. The Morgan fingerprint density at radius 1 is 0.935 bits per heavy atom. The number of carbonyl (C=O) groups is 1. The Hall–Kier alpha value is -2.22. The molecule has 1 atom stereocenters. The standard InChI is InChI=1S/C24H31N3O3S/c1-20-9-11-21(12-10-20)18-25-13-5-6-22(19-25)24(28)26-14-16-27(17-15-26)31(29,30)23-7-3-2-4-8-23/h2-4,7-12,22H,5-6,13-19H2,1H3. The van der Waals surface area contributed by atoms with Crippen molar-refractivity contribution in [2.75, 3.05) is 39.3 Å². The number of sulfonamides is 1. The van der Waals surface area contributed by atoms with E-state index in [1.54, 1.807) is 24.3 Å². The Labute approximate surface area is 185 Å². The van der Waals surface area contributed by atoms with E-state index in [9.17, 15) is 13.2 Å². The third-order valence-electron chi connectivity index (χ3n) is 6.31. The van der Waals surface area contributed by atoms with Crippen molar-refractivity contribution in [2.24, 2.45) is 5.92 Å². The second-order valence-corrected chi connectivity index (χ2v) is 10.5. The number of hydrogen-bond donors (Lipinski definition) is 0. The zero-order valence-corrected chi connectivity index (χ0v) is 18.9. The second-order valence-electron chi connectivity index (χ2n) is 8.60. The monoisotopic (exact) mass is 441 g/mol. The molecule has 2 saturated heterocycles. The number of nitrogens with zero attached hydrogens (tertiary/aromatic N) is 3. The molecule has 7 heteroatoms. The van der Waals surface area contributed by atoms with Gasteiger partial charge in [-0.25, -0.2) is 8.42 Å².